The lowest BCUT2D eigenvalue weighted by Crippen LogP contribution is -2.70. The van der Waals surface area contributed by atoms with Crippen LogP contribution in [0, 0.1) is 0 Å². The average Bonchev–Trinajstić information content (AvgIpc) is 2.49. The van der Waals surface area contributed by atoms with E-state index in [2.05, 4.69) is 21.2 Å². The molecule has 0 aromatic carbocycles. The van der Waals surface area contributed by atoms with Crippen LogP contribution in [0.1, 0.15) is 6.42 Å². The Hall–Kier alpha value is -1.48. The first-order valence-electron chi connectivity index (χ1n) is 6.47. The number of carboxylic acid groups (broad SMARTS) is 1. The zero-order valence-electron chi connectivity index (χ0n) is 11.7. The number of carboxylic acids is 1. The van der Waals surface area contributed by atoms with Crippen LogP contribution in [0.5, 0.6) is 0 Å². The van der Waals surface area contributed by atoms with E-state index in [0.29, 0.717) is 16.7 Å². The summed E-state index contributed by atoms with van der Waals surface area (Å²) in [6.07, 6.45) is 3.18. The minimum absolute atomic E-state index is 0.0481. The van der Waals surface area contributed by atoms with Gasteiger partial charge in [0.05, 0.1) is 13.4 Å². The van der Waals surface area contributed by atoms with Crippen molar-refractivity contribution in [1.82, 2.24) is 10.2 Å². The predicted octanol–water partition coefficient (Wildman–Crippen LogP) is 0.670. The van der Waals surface area contributed by atoms with Gasteiger partial charge in [-0.05, 0) is 11.6 Å². The van der Waals surface area contributed by atoms with Gasteiger partial charge in [-0.15, -0.1) is 11.8 Å². The van der Waals surface area contributed by atoms with Gasteiger partial charge in [0, 0.05) is 17.5 Å². The maximum atomic E-state index is 12.2. The summed E-state index contributed by atoms with van der Waals surface area (Å²) in [7, 11) is 1.46. The fourth-order valence-electron chi connectivity index (χ4n) is 2.25. The molecular weight excluding hydrogens is 376 g/mol. The number of halogens is 1. The zero-order chi connectivity index (χ0) is 16.3. The van der Waals surface area contributed by atoms with E-state index in [-0.39, 0.29) is 23.4 Å². The van der Waals surface area contributed by atoms with E-state index in [1.54, 1.807) is 0 Å². The lowest BCUT2D eigenvalue weighted by atomic mass is 10.0. The second kappa shape index (κ2) is 7.19. The van der Waals surface area contributed by atoms with Crippen molar-refractivity contribution < 1.29 is 24.2 Å². The number of rotatable bonds is 6. The molecule has 0 aliphatic carbocycles. The Morgan fingerprint density at radius 1 is 1.59 bits per heavy atom. The highest BCUT2D eigenvalue weighted by Crippen LogP contribution is 2.40. The number of ether oxygens (including phenoxy) is 1. The van der Waals surface area contributed by atoms with Crippen molar-refractivity contribution >= 4 is 45.5 Å². The van der Waals surface area contributed by atoms with Crippen molar-refractivity contribution in [2.45, 2.75) is 17.8 Å². The molecule has 0 radical (unpaired) electrons. The first kappa shape index (κ1) is 16.9. The first-order chi connectivity index (χ1) is 10.5. The number of hydrogen-bond donors (Lipinski definition) is 2. The van der Waals surface area contributed by atoms with Gasteiger partial charge in [-0.2, -0.15) is 0 Å². The largest absolute Gasteiger partial charge is 0.504 e. The van der Waals surface area contributed by atoms with Crippen molar-refractivity contribution in [3.63, 3.8) is 0 Å². The number of nitrogens with zero attached hydrogens (tertiary/aromatic N) is 1. The van der Waals surface area contributed by atoms with E-state index in [0.717, 1.165) is 0 Å². The summed E-state index contributed by atoms with van der Waals surface area (Å²) in [4.78, 5) is 36.5. The Balaban J connectivity index is 2.18. The van der Waals surface area contributed by atoms with Gasteiger partial charge in [0.1, 0.15) is 17.1 Å². The highest BCUT2D eigenvalue weighted by atomic mass is 79.9. The molecule has 1 saturated heterocycles. The topological polar surface area (TPSA) is 95.9 Å². The van der Waals surface area contributed by atoms with E-state index >= 15 is 0 Å². The Morgan fingerprint density at radius 2 is 2.32 bits per heavy atom. The minimum atomic E-state index is -1.17. The van der Waals surface area contributed by atoms with E-state index in [1.165, 1.54) is 36.1 Å². The summed E-state index contributed by atoms with van der Waals surface area (Å²) in [5.74, 6) is -1.37. The molecule has 2 N–H and O–H groups in total. The van der Waals surface area contributed by atoms with Crippen LogP contribution < -0.4 is 5.32 Å². The lowest BCUT2D eigenvalue weighted by Gasteiger charge is -2.49. The van der Waals surface area contributed by atoms with Crippen molar-refractivity contribution in [2.24, 2.45) is 0 Å². The highest BCUT2D eigenvalue weighted by molar-refractivity contribution is 9.09. The number of aliphatic carboxylic acids is 1. The summed E-state index contributed by atoms with van der Waals surface area (Å²) < 4.78 is 4.80. The lowest BCUT2D eigenvalue weighted by molar-refractivity contribution is -0.150. The zero-order valence-corrected chi connectivity index (χ0v) is 14.1. The van der Waals surface area contributed by atoms with Crippen LogP contribution in [0.15, 0.2) is 23.6 Å². The molecule has 2 aliphatic rings. The number of alkyl halides is 1. The number of nitrogens with one attached hydrogen (secondary N) is 1. The number of methoxy groups -OCH3 is 1. The molecule has 2 aliphatic heterocycles. The third kappa shape index (κ3) is 3.14. The van der Waals surface area contributed by atoms with Crippen LogP contribution in [0.4, 0.5) is 0 Å². The molecule has 0 bridgehead atoms. The Bertz CT molecular complexity index is 563. The SMILES string of the molecule is COC=CC1=C(C(=O)O)N2C(=O)C(NC(=O)CCBr)[C@H]2SC1. The number of allylic oxidation sites excluding steroid dienone is 1. The minimum Gasteiger partial charge on any atom is -0.504 e. The van der Waals surface area contributed by atoms with Gasteiger partial charge >= 0.3 is 5.97 Å². The maximum Gasteiger partial charge on any atom is 0.352 e. The standard InChI is InChI=1S/C13H15BrN2O5S/c1-21-5-3-7-6-22-12-9(15-8(17)2-4-14)11(18)16(12)10(7)13(19)20/h3,5,9,12H,2,4,6H2,1H3,(H,15,17)(H,19,20)/t9?,12-/m1/s1. The molecule has 0 saturated carbocycles. The fourth-order valence-corrected chi connectivity index (χ4v) is 3.93. The number of thioether (sulfide) groups is 1. The van der Waals surface area contributed by atoms with Gasteiger partial charge in [-0.1, -0.05) is 15.9 Å². The van der Waals surface area contributed by atoms with Crippen molar-refractivity contribution in [3.05, 3.63) is 23.6 Å². The van der Waals surface area contributed by atoms with Gasteiger partial charge in [0.2, 0.25) is 5.91 Å². The molecule has 7 nitrogen and oxygen atoms in total. The summed E-state index contributed by atoms with van der Waals surface area (Å²) in [6.45, 7) is 0. The molecule has 1 unspecified atom stereocenters. The second-order valence-electron chi connectivity index (χ2n) is 4.61. The summed E-state index contributed by atoms with van der Waals surface area (Å²) in [5.41, 5.74) is 0.460. The third-order valence-electron chi connectivity index (χ3n) is 3.24. The molecule has 2 amide bonds. The van der Waals surface area contributed by atoms with Crippen LogP contribution in [0.25, 0.3) is 0 Å². The average molecular weight is 391 g/mol. The number of hydrogen-bond acceptors (Lipinski definition) is 5. The molecule has 2 heterocycles. The molecule has 2 atom stereocenters. The third-order valence-corrected chi connectivity index (χ3v) is 4.94. The summed E-state index contributed by atoms with van der Waals surface area (Å²) in [5, 5.41) is 12.1. The molecule has 120 valence electrons. The second-order valence-corrected chi connectivity index (χ2v) is 6.51. The fraction of sp³-hybridized carbons (Fsp3) is 0.462. The summed E-state index contributed by atoms with van der Waals surface area (Å²) in [6, 6.07) is -0.668. The quantitative estimate of drug-likeness (QED) is 0.393. The summed E-state index contributed by atoms with van der Waals surface area (Å²) >= 11 is 4.57. The van der Waals surface area contributed by atoms with Gasteiger partial charge in [-0.25, -0.2) is 4.79 Å². The molecule has 22 heavy (non-hydrogen) atoms. The molecule has 0 aromatic heterocycles. The van der Waals surface area contributed by atoms with Crippen LogP contribution in [0.3, 0.4) is 0 Å². The molecular formula is C13H15BrN2O5S. The molecule has 1 fully saturated rings. The van der Waals surface area contributed by atoms with Gasteiger partial charge in [-0.3, -0.25) is 14.5 Å². The maximum absolute atomic E-state index is 12.2. The van der Waals surface area contributed by atoms with Crippen LogP contribution in [-0.4, -0.2) is 57.4 Å². The van der Waals surface area contributed by atoms with E-state index in [1.807, 2.05) is 0 Å². The highest BCUT2D eigenvalue weighted by Gasteiger charge is 2.53. The van der Waals surface area contributed by atoms with E-state index in [4.69, 9.17) is 4.74 Å². The molecule has 0 aromatic rings. The van der Waals surface area contributed by atoms with Gasteiger partial charge in [0.15, 0.2) is 0 Å². The number of amides is 2. The monoisotopic (exact) mass is 390 g/mol. The van der Waals surface area contributed by atoms with Crippen molar-refractivity contribution in [3.8, 4) is 0 Å². The first-order valence-corrected chi connectivity index (χ1v) is 8.64. The van der Waals surface area contributed by atoms with Gasteiger partial charge < -0.3 is 15.2 Å². The normalized spacial score (nSPS) is 24.1. The van der Waals surface area contributed by atoms with Crippen molar-refractivity contribution in [2.75, 3.05) is 18.2 Å². The smallest absolute Gasteiger partial charge is 0.352 e. The number of fused-ring (bicyclic) bond motifs is 1. The number of carbonyl (C=O) groups is 3. The number of carbonyl (C=O) groups excluding carboxylic acids is 2. The Labute approximate surface area is 139 Å². The van der Waals surface area contributed by atoms with Gasteiger partial charge in [0.25, 0.3) is 5.91 Å². The predicted molar refractivity (Wildman–Crippen MR) is 84.2 cm³/mol. The number of β-lactam (4-membered cyclic amide) rings is 1. The van der Waals surface area contributed by atoms with E-state index < -0.39 is 17.9 Å². The molecule has 0 spiro atoms. The van der Waals surface area contributed by atoms with Crippen LogP contribution in [-0.2, 0) is 19.1 Å². The Morgan fingerprint density at radius 3 is 2.91 bits per heavy atom. The van der Waals surface area contributed by atoms with Crippen LogP contribution in [0.2, 0.25) is 0 Å². The van der Waals surface area contributed by atoms with E-state index in [9.17, 15) is 19.5 Å². The molecule has 2 rings (SSSR count). The van der Waals surface area contributed by atoms with Crippen molar-refractivity contribution in [1.29, 1.82) is 0 Å². The Kier molecular flexibility index (Phi) is 5.52. The molecule has 9 heteroatoms. The van der Waals surface area contributed by atoms with Crippen LogP contribution >= 0.6 is 27.7 Å².